The summed E-state index contributed by atoms with van der Waals surface area (Å²) in [7, 11) is 0. The molecule has 10 nitrogen and oxygen atoms in total. The van der Waals surface area contributed by atoms with Crippen LogP contribution in [0.4, 0.5) is 16.5 Å². The quantitative estimate of drug-likeness (QED) is 0.458. The van der Waals surface area contributed by atoms with E-state index in [1.807, 2.05) is 6.92 Å². The van der Waals surface area contributed by atoms with E-state index in [9.17, 15) is 25.0 Å². The highest BCUT2D eigenvalue weighted by molar-refractivity contribution is 7.22. The molecule has 1 N–H and O–H groups in total. The Morgan fingerprint density at radius 1 is 1.21 bits per heavy atom. The number of ether oxygens (including phenoxy) is 1. The molecule has 0 unspecified atom stereocenters. The van der Waals surface area contributed by atoms with Crippen LogP contribution in [0, 0.1) is 20.2 Å². The number of halogens is 1. The molecule has 0 aliphatic heterocycles. The normalized spacial score (nSPS) is 10.6. The van der Waals surface area contributed by atoms with E-state index in [1.165, 1.54) is 11.3 Å². The number of fused-ring (bicyclic) bond motifs is 1. The van der Waals surface area contributed by atoms with E-state index in [0.717, 1.165) is 16.8 Å². The third-order valence-corrected chi connectivity index (χ3v) is 4.90. The molecule has 3 rings (SSSR count). The van der Waals surface area contributed by atoms with Crippen molar-refractivity contribution < 1.29 is 19.4 Å². The van der Waals surface area contributed by atoms with Crippen LogP contribution in [0.5, 0.6) is 5.75 Å². The van der Waals surface area contributed by atoms with Crippen LogP contribution >= 0.6 is 22.9 Å². The molecule has 0 aliphatic carbocycles. The monoisotopic (exact) mass is 422 g/mol. The minimum Gasteiger partial charge on any atom is -0.494 e. The fraction of sp³-hybridized carbons (Fsp3) is 0.125. The summed E-state index contributed by atoms with van der Waals surface area (Å²) >= 11 is 6.86. The molecule has 28 heavy (non-hydrogen) atoms. The highest BCUT2D eigenvalue weighted by Crippen LogP contribution is 2.35. The summed E-state index contributed by atoms with van der Waals surface area (Å²) in [6.45, 7) is 2.36. The Labute approximate surface area is 166 Å². The summed E-state index contributed by atoms with van der Waals surface area (Å²) in [5.74, 6) is -0.132. The predicted octanol–water partition coefficient (Wildman–Crippen LogP) is 4.42. The number of hydrogen-bond donors (Lipinski definition) is 1. The molecule has 3 aromatic rings. The molecule has 1 heterocycles. The van der Waals surface area contributed by atoms with Crippen LogP contribution in [-0.2, 0) is 0 Å². The van der Waals surface area contributed by atoms with Crippen LogP contribution in [0.15, 0.2) is 30.3 Å². The van der Waals surface area contributed by atoms with Crippen molar-refractivity contribution in [2.75, 3.05) is 11.9 Å². The molecule has 0 atom stereocenters. The average Bonchev–Trinajstić information content (AvgIpc) is 3.03. The molecule has 1 amide bonds. The molecule has 0 saturated heterocycles. The fourth-order valence-electron chi connectivity index (χ4n) is 2.38. The van der Waals surface area contributed by atoms with Gasteiger partial charge < -0.3 is 4.74 Å². The van der Waals surface area contributed by atoms with Crippen molar-refractivity contribution in [1.82, 2.24) is 4.98 Å². The van der Waals surface area contributed by atoms with Gasteiger partial charge in [-0.15, -0.1) is 0 Å². The number of carbonyl (C=O) groups is 1. The van der Waals surface area contributed by atoms with Crippen LogP contribution in [0.1, 0.15) is 17.3 Å². The van der Waals surface area contributed by atoms with Gasteiger partial charge in [-0.2, -0.15) is 0 Å². The van der Waals surface area contributed by atoms with Crippen LogP contribution in [0.25, 0.3) is 10.2 Å². The van der Waals surface area contributed by atoms with Crippen LogP contribution in [-0.4, -0.2) is 27.3 Å². The first kappa shape index (κ1) is 19.5. The Morgan fingerprint density at radius 2 is 1.86 bits per heavy atom. The number of rotatable bonds is 6. The summed E-state index contributed by atoms with van der Waals surface area (Å²) in [5, 5.41) is 24.2. The number of carbonyl (C=O) groups excluding carboxylic acids is 1. The summed E-state index contributed by atoms with van der Waals surface area (Å²) in [6, 6.07) is 6.99. The van der Waals surface area contributed by atoms with Gasteiger partial charge in [-0.3, -0.25) is 30.3 Å². The minimum absolute atomic E-state index is 0.230. The van der Waals surface area contributed by atoms with E-state index in [1.54, 1.807) is 18.2 Å². The van der Waals surface area contributed by atoms with Gasteiger partial charge in [0.1, 0.15) is 5.75 Å². The standard InChI is InChI=1S/C16H11ClN4O6S/c1-2-27-9-3-4-10-13(7-9)28-16(18-10)19-15(22)8-5-11(20(23)24)14(17)12(6-8)21(25)26/h3-7H,2H2,1H3,(H,18,19,22). The van der Waals surface area contributed by atoms with E-state index in [-0.39, 0.29) is 10.7 Å². The Bertz CT molecular complexity index is 1080. The van der Waals surface area contributed by atoms with Crippen molar-refractivity contribution in [2.24, 2.45) is 0 Å². The highest BCUT2D eigenvalue weighted by Gasteiger charge is 2.27. The van der Waals surface area contributed by atoms with Gasteiger partial charge in [-0.1, -0.05) is 22.9 Å². The second-order valence-corrected chi connectivity index (χ2v) is 6.79. The van der Waals surface area contributed by atoms with Gasteiger partial charge in [0.15, 0.2) is 10.2 Å². The molecule has 0 radical (unpaired) electrons. The topological polar surface area (TPSA) is 138 Å². The van der Waals surface area contributed by atoms with Crippen molar-refractivity contribution >= 4 is 55.6 Å². The maximum absolute atomic E-state index is 12.5. The molecule has 0 fully saturated rings. The van der Waals surface area contributed by atoms with E-state index in [2.05, 4.69) is 10.3 Å². The number of benzene rings is 2. The summed E-state index contributed by atoms with van der Waals surface area (Å²) < 4.78 is 6.17. The number of nitrogens with zero attached hydrogens (tertiary/aromatic N) is 3. The van der Waals surface area contributed by atoms with Crippen molar-refractivity contribution in [2.45, 2.75) is 6.92 Å². The Balaban J connectivity index is 1.93. The van der Waals surface area contributed by atoms with Crippen molar-refractivity contribution in [3.05, 3.63) is 61.1 Å². The second-order valence-electron chi connectivity index (χ2n) is 5.38. The molecule has 144 valence electrons. The van der Waals surface area contributed by atoms with Gasteiger partial charge in [0.2, 0.25) is 0 Å². The van der Waals surface area contributed by atoms with Gasteiger partial charge in [0.25, 0.3) is 17.3 Å². The number of amides is 1. The number of thiazole rings is 1. The first-order valence-corrected chi connectivity index (χ1v) is 8.96. The molecule has 1 aromatic heterocycles. The lowest BCUT2D eigenvalue weighted by Gasteiger charge is -2.03. The average molecular weight is 423 g/mol. The predicted molar refractivity (Wildman–Crippen MR) is 104 cm³/mol. The SMILES string of the molecule is CCOc1ccc2nc(NC(=O)c3cc([N+](=O)[O-])c(Cl)c([N+](=O)[O-])c3)sc2c1. The fourth-order valence-corrected chi connectivity index (χ4v) is 3.51. The molecule has 0 saturated carbocycles. The smallest absolute Gasteiger partial charge is 0.295 e. The molecule has 2 aromatic carbocycles. The summed E-state index contributed by atoms with van der Waals surface area (Å²) in [5.41, 5.74) is -1.12. The number of anilines is 1. The minimum atomic E-state index is -0.890. The number of nitro benzene ring substituents is 2. The van der Waals surface area contributed by atoms with E-state index < -0.39 is 32.2 Å². The summed E-state index contributed by atoms with van der Waals surface area (Å²) in [4.78, 5) is 37.1. The number of aromatic nitrogens is 1. The third-order valence-electron chi connectivity index (χ3n) is 3.58. The number of hydrogen-bond acceptors (Lipinski definition) is 8. The lowest BCUT2D eigenvalue weighted by atomic mass is 10.1. The zero-order valence-electron chi connectivity index (χ0n) is 14.2. The van der Waals surface area contributed by atoms with Gasteiger partial charge in [0, 0.05) is 12.1 Å². The second kappa shape index (κ2) is 7.74. The zero-order chi connectivity index (χ0) is 20.4. The number of nitro groups is 2. The Kier molecular flexibility index (Phi) is 5.38. The summed E-state index contributed by atoms with van der Waals surface area (Å²) in [6.07, 6.45) is 0. The molecular weight excluding hydrogens is 412 g/mol. The van der Waals surface area contributed by atoms with E-state index in [0.29, 0.717) is 17.9 Å². The first-order chi connectivity index (χ1) is 13.3. The maximum Gasteiger partial charge on any atom is 0.295 e. The van der Waals surface area contributed by atoms with Crippen LogP contribution in [0.3, 0.4) is 0 Å². The third kappa shape index (κ3) is 3.85. The zero-order valence-corrected chi connectivity index (χ0v) is 15.7. The van der Waals surface area contributed by atoms with Crippen molar-refractivity contribution in [3.8, 4) is 5.75 Å². The maximum atomic E-state index is 12.5. The first-order valence-electron chi connectivity index (χ1n) is 7.77. The lowest BCUT2D eigenvalue weighted by molar-refractivity contribution is -0.393. The largest absolute Gasteiger partial charge is 0.494 e. The van der Waals surface area contributed by atoms with Gasteiger partial charge in [-0.25, -0.2) is 4.98 Å². The molecule has 0 bridgehead atoms. The molecule has 0 spiro atoms. The molecule has 12 heteroatoms. The highest BCUT2D eigenvalue weighted by atomic mass is 35.5. The lowest BCUT2D eigenvalue weighted by Crippen LogP contribution is -2.12. The van der Waals surface area contributed by atoms with Crippen LogP contribution < -0.4 is 10.1 Å². The van der Waals surface area contributed by atoms with E-state index >= 15 is 0 Å². The Morgan fingerprint density at radius 3 is 2.43 bits per heavy atom. The van der Waals surface area contributed by atoms with Gasteiger partial charge in [-0.05, 0) is 25.1 Å². The molecular formula is C16H11ClN4O6S. The number of nitrogens with one attached hydrogen (secondary N) is 1. The van der Waals surface area contributed by atoms with E-state index in [4.69, 9.17) is 16.3 Å². The van der Waals surface area contributed by atoms with Crippen LogP contribution in [0.2, 0.25) is 5.02 Å². The molecule has 0 aliphatic rings. The van der Waals surface area contributed by atoms with Crippen molar-refractivity contribution in [1.29, 1.82) is 0 Å². The Hall–Kier alpha value is -3.31. The van der Waals surface area contributed by atoms with Gasteiger partial charge in [0.05, 0.1) is 32.2 Å². The van der Waals surface area contributed by atoms with Crippen molar-refractivity contribution in [3.63, 3.8) is 0 Å². The van der Waals surface area contributed by atoms with Gasteiger partial charge >= 0.3 is 0 Å².